The summed E-state index contributed by atoms with van der Waals surface area (Å²) in [5.41, 5.74) is 0.647. The summed E-state index contributed by atoms with van der Waals surface area (Å²) >= 11 is 0. The normalized spacial score (nSPS) is 15.4. The number of carbonyl (C=O) groups excluding carboxylic acids is 1. The molecule has 2 atom stereocenters. The third-order valence-corrected chi connectivity index (χ3v) is 3.31. The van der Waals surface area contributed by atoms with Crippen molar-refractivity contribution in [2.75, 3.05) is 0 Å². The molecule has 0 aliphatic carbocycles. The minimum atomic E-state index is -0.425. The zero-order valence-corrected chi connectivity index (χ0v) is 14.3. The molecule has 0 aliphatic heterocycles. The average molecular weight is 280 g/mol. The molecular formula is C18H32O2. The van der Waals surface area contributed by atoms with Crippen molar-refractivity contribution < 1.29 is 9.53 Å². The summed E-state index contributed by atoms with van der Waals surface area (Å²) in [6.07, 6.45) is 6.20. The Hall–Kier alpha value is -1.05. The van der Waals surface area contributed by atoms with Crippen LogP contribution in [0.3, 0.4) is 0 Å². The first-order valence-electron chi connectivity index (χ1n) is 7.58. The highest BCUT2D eigenvalue weighted by molar-refractivity contribution is 5.75. The maximum atomic E-state index is 11.8. The van der Waals surface area contributed by atoms with E-state index in [1.807, 2.05) is 34.6 Å². The number of ether oxygens (including phenoxy) is 1. The Kier molecular flexibility index (Phi) is 7.85. The second kappa shape index (κ2) is 8.28. The van der Waals surface area contributed by atoms with Crippen LogP contribution < -0.4 is 0 Å². The van der Waals surface area contributed by atoms with Gasteiger partial charge in [0.05, 0.1) is 11.5 Å². The fourth-order valence-corrected chi connectivity index (χ4v) is 1.79. The van der Waals surface area contributed by atoms with Crippen molar-refractivity contribution in [3.05, 3.63) is 24.3 Å². The molecule has 0 saturated heterocycles. The number of allylic oxidation sites excluding steroid dienone is 3. The summed E-state index contributed by atoms with van der Waals surface area (Å²) in [5.74, 6) is 0.960. The monoisotopic (exact) mass is 280 g/mol. The topological polar surface area (TPSA) is 26.3 Å². The maximum Gasteiger partial charge on any atom is 0.311 e. The molecule has 0 N–H and O–H groups in total. The summed E-state index contributed by atoms with van der Waals surface area (Å²) in [5, 5.41) is 0. The van der Waals surface area contributed by atoms with Gasteiger partial charge in [0.15, 0.2) is 0 Å². The Morgan fingerprint density at radius 2 is 1.75 bits per heavy atom. The van der Waals surface area contributed by atoms with Crippen LogP contribution in [0.1, 0.15) is 61.3 Å². The first-order chi connectivity index (χ1) is 9.04. The maximum absolute atomic E-state index is 11.8. The van der Waals surface area contributed by atoms with E-state index in [2.05, 4.69) is 32.6 Å². The quantitative estimate of drug-likeness (QED) is 0.476. The van der Waals surface area contributed by atoms with E-state index >= 15 is 0 Å². The number of rotatable bonds is 7. The third kappa shape index (κ3) is 8.19. The minimum Gasteiger partial charge on any atom is -0.462 e. The summed E-state index contributed by atoms with van der Waals surface area (Å²) in [6, 6.07) is 0. The molecular weight excluding hydrogens is 248 g/mol. The smallest absolute Gasteiger partial charge is 0.311 e. The molecule has 0 fully saturated rings. The Morgan fingerprint density at radius 3 is 2.15 bits per heavy atom. The van der Waals surface area contributed by atoms with Crippen LogP contribution >= 0.6 is 0 Å². The minimum absolute atomic E-state index is 0.0267. The SMILES string of the molecule is C=C(C)/C=C/[C@H](CC[C@@H](C)OC(=O)C(C)(C)C)C(C)C. The lowest BCUT2D eigenvalue weighted by Crippen LogP contribution is -2.27. The van der Waals surface area contributed by atoms with Crippen molar-refractivity contribution in [1.29, 1.82) is 0 Å². The van der Waals surface area contributed by atoms with E-state index in [4.69, 9.17) is 4.74 Å². The first kappa shape index (κ1) is 18.9. The fraction of sp³-hybridized carbons (Fsp3) is 0.722. The predicted molar refractivity (Wildman–Crippen MR) is 86.5 cm³/mol. The van der Waals surface area contributed by atoms with Crippen molar-refractivity contribution in [3.63, 3.8) is 0 Å². The van der Waals surface area contributed by atoms with Crippen LogP contribution in [0.15, 0.2) is 24.3 Å². The van der Waals surface area contributed by atoms with Crippen molar-refractivity contribution in [2.45, 2.75) is 67.4 Å². The van der Waals surface area contributed by atoms with Gasteiger partial charge < -0.3 is 4.74 Å². The third-order valence-electron chi connectivity index (χ3n) is 3.31. The zero-order valence-electron chi connectivity index (χ0n) is 14.3. The molecule has 116 valence electrons. The van der Waals surface area contributed by atoms with Crippen LogP contribution in [0.25, 0.3) is 0 Å². The first-order valence-corrected chi connectivity index (χ1v) is 7.58. The largest absolute Gasteiger partial charge is 0.462 e. The molecule has 0 aromatic rings. The van der Waals surface area contributed by atoms with E-state index < -0.39 is 5.41 Å². The van der Waals surface area contributed by atoms with Crippen molar-refractivity contribution >= 4 is 5.97 Å². The standard InChI is InChI=1S/C18H32O2/c1-13(2)9-11-16(14(3)4)12-10-15(5)20-17(19)18(6,7)8/h9,11,14-16H,1,10,12H2,2-8H3/b11-9+/t15-,16-/m1/s1. The Balaban J connectivity index is 4.35. The zero-order chi connectivity index (χ0) is 15.9. The fourth-order valence-electron chi connectivity index (χ4n) is 1.79. The highest BCUT2D eigenvalue weighted by Crippen LogP contribution is 2.23. The van der Waals surface area contributed by atoms with Crippen molar-refractivity contribution in [3.8, 4) is 0 Å². The van der Waals surface area contributed by atoms with Crippen molar-refractivity contribution in [1.82, 2.24) is 0 Å². The summed E-state index contributed by atoms with van der Waals surface area (Å²) in [6.45, 7) is 18.0. The Morgan fingerprint density at radius 1 is 1.20 bits per heavy atom. The van der Waals surface area contributed by atoms with Crippen LogP contribution in [0.2, 0.25) is 0 Å². The summed E-state index contributed by atoms with van der Waals surface area (Å²) in [4.78, 5) is 11.8. The van der Waals surface area contributed by atoms with E-state index in [9.17, 15) is 4.79 Å². The van der Waals surface area contributed by atoms with E-state index in [-0.39, 0.29) is 12.1 Å². The molecule has 2 nitrogen and oxygen atoms in total. The van der Waals surface area contributed by atoms with Gasteiger partial charge in [-0.15, -0.1) is 0 Å². The molecule has 0 unspecified atom stereocenters. The van der Waals surface area contributed by atoms with Gasteiger partial charge in [-0.2, -0.15) is 0 Å². The van der Waals surface area contributed by atoms with Gasteiger partial charge in [-0.25, -0.2) is 0 Å². The van der Waals surface area contributed by atoms with Gasteiger partial charge in [-0.3, -0.25) is 4.79 Å². The molecule has 0 radical (unpaired) electrons. The average Bonchev–Trinajstić information content (AvgIpc) is 2.26. The molecule has 0 aromatic carbocycles. The number of carbonyl (C=O) groups is 1. The van der Waals surface area contributed by atoms with Gasteiger partial charge in [0.2, 0.25) is 0 Å². The van der Waals surface area contributed by atoms with Crippen LogP contribution in [0, 0.1) is 17.3 Å². The molecule has 0 spiro atoms. The molecule has 20 heavy (non-hydrogen) atoms. The van der Waals surface area contributed by atoms with Crippen LogP contribution in [0.4, 0.5) is 0 Å². The molecule has 0 heterocycles. The number of hydrogen-bond donors (Lipinski definition) is 0. The van der Waals surface area contributed by atoms with E-state index in [0.717, 1.165) is 18.4 Å². The van der Waals surface area contributed by atoms with Gasteiger partial charge >= 0.3 is 5.97 Å². The lowest BCUT2D eigenvalue weighted by molar-refractivity contribution is -0.158. The van der Waals surface area contributed by atoms with Gasteiger partial charge in [0.1, 0.15) is 0 Å². The van der Waals surface area contributed by atoms with Gasteiger partial charge in [0, 0.05) is 0 Å². The molecule has 0 aromatic heterocycles. The number of hydrogen-bond acceptors (Lipinski definition) is 2. The van der Waals surface area contributed by atoms with Crippen molar-refractivity contribution in [2.24, 2.45) is 17.3 Å². The Bertz CT molecular complexity index is 345. The van der Waals surface area contributed by atoms with Gasteiger partial charge in [-0.1, -0.05) is 38.2 Å². The lowest BCUT2D eigenvalue weighted by Gasteiger charge is -2.23. The molecule has 0 rings (SSSR count). The van der Waals surface area contributed by atoms with Crippen LogP contribution in [-0.4, -0.2) is 12.1 Å². The second-order valence-electron chi connectivity index (χ2n) is 7.16. The number of esters is 1. The molecule has 0 amide bonds. The van der Waals surface area contributed by atoms with Crippen LogP contribution in [-0.2, 0) is 9.53 Å². The second-order valence-corrected chi connectivity index (χ2v) is 7.16. The van der Waals surface area contributed by atoms with E-state index in [1.165, 1.54) is 0 Å². The van der Waals surface area contributed by atoms with Crippen LogP contribution in [0.5, 0.6) is 0 Å². The molecule has 2 heteroatoms. The summed E-state index contributed by atoms with van der Waals surface area (Å²) < 4.78 is 5.49. The summed E-state index contributed by atoms with van der Waals surface area (Å²) in [7, 11) is 0. The van der Waals surface area contributed by atoms with Gasteiger partial charge in [0.25, 0.3) is 0 Å². The molecule has 0 saturated carbocycles. The molecule has 0 aliphatic rings. The van der Waals surface area contributed by atoms with E-state index in [1.54, 1.807) is 0 Å². The molecule has 0 bridgehead atoms. The highest BCUT2D eigenvalue weighted by Gasteiger charge is 2.25. The lowest BCUT2D eigenvalue weighted by atomic mass is 9.89. The predicted octanol–water partition coefficient (Wildman–Crippen LogP) is 5.15. The Labute approximate surface area is 125 Å². The van der Waals surface area contributed by atoms with Gasteiger partial charge in [-0.05, 0) is 59.3 Å². The highest BCUT2D eigenvalue weighted by atomic mass is 16.5. The van der Waals surface area contributed by atoms with E-state index in [0.29, 0.717) is 11.8 Å².